The predicted molar refractivity (Wildman–Crippen MR) is 97.6 cm³/mol. The van der Waals surface area contributed by atoms with E-state index in [9.17, 15) is 9.59 Å². The van der Waals surface area contributed by atoms with E-state index in [2.05, 4.69) is 0 Å². The highest BCUT2D eigenvalue weighted by atomic mass is 16.8. The van der Waals surface area contributed by atoms with Gasteiger partial charge in [-0.15, -0.1) is 0 Å². The minimum Gasteiger partial charge on any atom is -0.445 e. The first-order valence-electron chi connectivity index (χ1n) is 8.59. The van der Waals surface area contributed by atoms with Crippen LogP contribution in [0.15, 0.2) is 72.5 Å². The quantitative estimate of drug-likeness (QED) is 0.445. The van der Waals surface area contributed by atoms with Crippen LogP contribution in [-0.4, -0.2) is 22.7 Å². The van der Waals surface area contributed by atoms with E-state index in [1.807, 2.05) is 60.7 Å². The SMILES string of the molecule is CC1(C)OC(=O)C(=CC(=O)N(Cc2ccccc2)OCc2ccccc2)O1. The van der Waals surface area contributed by atoms with Crippen LogP contribution in [0.1, 0.15) is 25.0 Å². The fourth-order valence-electron chi connectivity index (χ4n) is 2.54. The summed E-state index contributed by atoms with van der Waals surface area (Å²) in [7, 11) is 0. The summed E-state index contributed by atoms with van der Waals surface area (Å²) >= 11 is 0. The Hall–Kier alpha value is -3.12. The molecule has 3 rings (SSSR count). The summed E-state index contributed by atoms with van der Waals surface area (Å²) < 4.78 is 10.4. The first kappa shape index (κ1) is 18.7. The molecule has 1 heterocycles. The molecule has 140 valence electrons. The van der Waals surface area contributed by atoms with E-state index in [0.717, 1.165) is 17.2 Å². The lowest BCUT2D eigenvalue weighted by Crippen LogP contribution is -2.29. The summed E-state index contributed by atoms with van der Waals surface area (Å²) in [6, 6.07) is 19.0. The van der Waals surface area contributed by atoms with Crippen molar-refractivity contribution in [2.24, 2.45) is 0 Å². The van der Waals surface area contributed by atoms with Crippen molar-refractivity contribution in [2.45, 2.75) is 32.8 Å². The topological polar surface area (TPSA) is 65.1 Å². The molecule has 0 saturated carbocycles. The van der Waals surface area contributed by atoms with E-state index < -0.39 is 17.7 Å². The number of esters is 1. The molecular weight excluding hydrogens is 346 g/mol. The van der Waals surface area contributed by atoms with Crippen molar-refractivity contribution in [1.29, 1.82) is 0 Å². The lowest BCUT2D eigenvalue weighted by molar-refractivity contribution is -0.190. The molecule has 0 bridgehead atoms. The highest BCUT2D eigenvalue weighted by Gasteiger charge is 2.38. The van der Waals surface area contributed by atoms with Crippen LogP contribution < -0.4 is 0 Å². The number of ether oxygens (including phenoxy) is 2. The number of hydroxylamine groups is 2. The Morgan fingerprint density at radius 2 is 1.59 bits per heavy atom. The zero-order chi connectivity index (χ0) is 19.3. The summed E-state index contributed by atoms with van der Waals surface area (Å²) in [5.74, 6) is -2.39. The third-order valence-electron chi connectivity index (χ3n) is 3.79. The molecular formula is C21H21NO5. The van der Waals surface area contributed by atoms with Gasteiger partial charge in [0.15, 0.2) is 0 Å². The monoisotopic (exact) mass is 367 g/mol. The van der Waals surface area contributed by atoms with Gasteiger partial charge in [0.05, 0.1) is 12.6 Å². The molecule has 2 aromatic rings. The zero-order valence-electron chi connectivity index (χ0n) is 15.3. The largest absolute Gasteiger partial charge is 0.445 e. The second-order valence-corrected chi connectivity index (χ2v) is 6.52. The van der Waals surface area contributed by atoms with E-state index in [1.54, 1.807) is 13.8 Å². The van der Waals surface area contributed by atoms with Crippen LogP contribution in [0.4, 0.5) is 0 Å². The standard InChI is InChI=1S/C21H21NO5/c1-21(2)26-18(20(24)27-21)13-19(23)22(14-16-9-5-3-6-10-16)25-15-17-11-7-4-8-12-17/h3-13H,14-15H2,1-2H3. The highest BCUT2D eigenvalue weighted by Crippen LogP contribution is 2.26. The first-order valence-corrected chi connectivity index (χ1v) is 8.59. The van der Waals surface area contributed by atoms with E-state index in [0.29, 0.717) is 0 Å². The molecule has 1 aliphatic rings. The van der Waals surface area contributed by atoms with Crippen molar-refractivity contribution < 1.29 is 23.9 Å². The molecule has 0 unspecified atom stereocenters. The number of nitrogens with zero attached hydrogens (tertiary/aromatic N) is 1. The van der Waals surface area contributed by atoms with Gasteiger partial charge in [0.2, 0.25) is 11.5 Å². The Bertz CT molecular complexity index is 830. The van der Waals surface area contributed by atoms with Gasteiger partial charge in [-0.25, -0.2) is 9.86 Å². The van der Waals surface area contributed by atoms with Crippen LogP contribution in [0.2, 0.25) is 0 Å². The third kappa shape index (κ3) is 5.18. The number of carbonyl (C=O) groups excluding carboxylic acids is 2. The molecule has 0 spiro atoms. The second kappa shape index (κ2) is 8.05. The highest BCUT2D eigenvalue weighted by molar-refractivity contribution is 5.97. The Kier molecular flexibility index (Phi) is 5.57. The van der Waals surface area contributed by atoms with Crippen LogP contribution >= 0.6 is 0 Å². The lowest BCUT2D eigenvalue weighted by Gasteiger charge is -2.21. The third-order valence-corrected chi connectivity index (χ3v) is 3.79. The minimum absolute atomic E-state index is 0.133. The van der Waals surface area contributed by atoms with Gasteiger partial charge < -0.3 is 9.47 Å². The van der Waals surface area contributed by atoms with Crippen molar-refractivity contribution >= 4 is 11.9 Å². The molecule has 1 aliphatic heterocycles. The molecule has 6 heteroatoms. The summed E-state index contributed by atoms with van der Waals surface area (Å²) in [4.78, 5) is 30.3. The molecule has 1 fully saturated rings. The van der Waals surface area contributed by atoms with Crippen molar-refractivity contribution in [2.75, 3.05) is 0 Å². The minimum atomic E-state index is -1.08. The maximum atomic E-state index is 12.7. The smallest absolute Gasteiger partial charge is 0.377 e. The van der Waals surface area contributed by atoms with Gasteiger partial charge in [-0.3, -0.25) is 9.63 Å². The number of rotatable bonds is 6. The Morgan fingerprint density at radius 3 is 2.15 bits per heavy atom. The number of cyclic esters (lactones) is 1. The van der Waals surface area contributed by atoms with Crippen LogP contribution in [0.25, 0.3) is 0 Å². The Labute approximate surface area is 157 Å². The van der Waals surface area contributed by atoms with E-state index in [-0.39, 0.29) is 18.9 Å². The maximum absolute atomic E-state index is 12.7. The van der Waals surface area contributed by atoms with Crippen molar-refractivity contribution in [1.82, 2.24) is 5.06 Å². The average Bonchev–Trinajstić information content (AvgIpc) is 2.91. The van der Waals surface area contributed by atoms with Gasteiger partial charge in [-0.2, -0.15) is 0 Å². The first-order chi connectivity index (χ1) is 12.9. The van der Waals surface area contributed by atoms with Crippen molar-refractivity contribution in [3.63, 3.8) is 0 Å². The van der Waals surface area contributed by atoms with Gasteiger partial charge in [-0.1, -0.05) is 60.7 Å². The summed E-state index contributed by atoms with van der Waals surface area (Å²) in [5, 5.41) is 1.21. The van der Waals surface area contributed by atoms with Crippen LogP contribution in [-0.2, 0) is 37.1 Å². The molecule has 0 aromatic heterocycles. The molecule has 27 heavy (non-hydrogen) atoms. The van der Waals surface area contributed by atoms with Gasteiger partial charge in [0, 0.05) is 13.8 Å². The zero-order valence-corrected chi connectivity index (χ0v) is 15.3. The van der Waals surface area contributed by atoms with E-state index in [4.69, 9.17) is 14.3 Å². The van der Waals surface area contributed by atoms with Gasteiger partial charge in [0.25, 0.3) is 5.91 Å². The second-order valence-electron chi connectivity index (χ2n) is 6.52. The van der Waals surface area contributed by atoms with E-state index in [1.165, 1.54) is 5.06 Å². The fourth-order valence-corrected chi connectivity index (χ4v) is 2.54. The number of amides is 1. The fraction of sp³-hybridized carbons (Fsp3) is 0.238. The molecule has 0 N–H and O–H groups in total. The molecule has 0 radical (unpaired) electrons. The van der Waals surface area contributed by atoms with E-state index >= 15 is 0 Å². The predicted octanol–water partition coefficient (Wildman–Crippen LogP) is 3.34. The Balaban J connectivity index is 1.76. The normalized spacial score (nSPS) is 16.7. The van der Waals surface area contributed by atoms with Crippen LogP contribution in [0, 0.1) is 0 Å². The molecule has 1 amide bonds. The van der Waals surface area contributed by atoms with Crippen molar-refractivity contribution in [3.8, 4) is 0 Å². The average molecular weight is 367 g/mol. The van der Waals surface area contributed by atoms with Gasteiger partial charge in [-0.05, 0) is 11.1 Å². The molecule has 1 saturated heterocycles. The van der Waals surface area contributed by atoms with Gasteiger partial charge >= 0.3 is 5.97 Å². The number of carbonyl (C=O) groups is 2. The lowest BCUT2D eigenvalue weighted by atomic mass is 10.2. The number of hydrogen-bond donors (Lipinski definition) is 0. The molecule has 2 aromatic carbocycles. The number of hydrogen-bond acceptors (Lipinski definition) is 5. The van der Waals surface area contributed by atoms with Crippen molar-refractivity contribution in [3.05, 3.63) is 83.6 Å². The van der Waals surface area contributed by atoms with Crippen LogP contribution in [0.5, 0.6) is 0 Å². The summed E-state index contributed by atoms with van der Waals surface area (Å²) in [6.07, 6.45) is 1.10. The molecule has 0 aliphatic carbocycles. The van der Waals surface area contributed by atoms with Gasteiger partial charge in [0.1, 0.15) is 6.61 Å². The van der Waals surface area contributed by atoms with Crippen LogP contribution in [0.3, 0.4) is 0 Å². The maximum Gasteiger partial charge on any atom is 0.377 e. The summed E-state index contributed by atoms with van der Waals surface area (Å²) in [5.41, 5.74) is 1.82. The molecule has 0 atom stereocenters. The Morgan fingerprint density at radius 1 is 1.00 bits per heavy atom. The summed E-state index contributed by atoms with van der Waals surface area (Å²) in [6.45, 7) is 3.65. The molecule has 6 nitrogen and oxygen atoms in total. The number of benzene rings is 2.